The maximum absolute atomic E-state index is 5.26. The maximum atomic E-state index is 5.26. The van der Waals surface area contributed by atoms with Crippen molar-refractivity contribution in [2.75, 3.05) is 6.61 Å². The largest absolute Gasteiger partial charge is 0.493 e. The van der Waals surface area contributed by atoms with E-state index in [1.807, 2.05) is 6.92 Å². The second-order valence-corrected chi connectivity index (χ2v) is 8.42. The smallest absolute Gasteiger partial charge is 0.147 e. The van der Waals surface area contributed by atoms with Crippen LogP contribution in [-0.4, -0.2) is 16.8 Å². The summed E-state index contributed by atoms with van der Waals surface area (Å²) in [6.45, 7) is 7.20. The molecule has 1 aromatic carbocycles. The molecule has 2 aliphatic rings. The number of ether oxygens (including phenoxy) is 1. The van der Waals surface area contributed by atoms with Gasteiger partial charge in [0.05, 0.1) is 6.61 Å². The standard InChI is InChI=1S/C17H24N2S.C8H8O/c1-3-5-6-7-8-9-16-18-19-17(20-16)15-12-10-14(4-2)11-13-15;1-2-9-8-5-6-3-4-7(6)8/h10-13H,3-9H2,1-2H3;3-5H,2H2,1H3. The first-order chi connectivity index (χ1) is 14.2. The molecule has 0 N–H and O–H groups in total. The highest BCUT2D eigenvalue weighted by Gasteiger charge is 2.06. The SMILES string of the molecule is CCCCCCCc1nnc(-c2ccc(CC)cc2)s1.CCOc1cc2ccc1=2. The Bertz CT molecular complexity index is 979. The van der Waals surface area contributed by atoms with Crippen LogP contribution in [0.15, 0.2) is 42.5 Å². The highest BCUT2D eigenvalue weighted by atomic mass is 32.1. The number of benzene rings is 2. The second-order valence-electron chi connectivity index (χ2n) is 7.36. The molecule has 29 heavy (non-hydrogen) atoms. The third-order valence-electron chi connectivity index (χ3n) is 5.16. The quantitative estimate of drug-likeness (QED) is 0.266. The number of unbranched alkanes of at least 4 members (excludes halogenated alkanes) is 4. The van der Waals surface area contributed by atoms with Gasteiger partial charge in [-0.1, -0.05) is 87.3 Å². The number of aryl methyl sites for hydroxylation is 2. The number of nitrogens with zero attached hydrogens (tertiary/aromatic N) is 2. The fraction of sp³-hybridized carbons (Fsp3) is 0.440. The molecule has 0 bridgehead atoms. The van der Waals surface area contributed by atoms with E-state index < -0.39 is 0 Å². The van der Waals surface area contributed by atoms with Crippen LogP contribution in [0, 0.1) is 10.4 Å². The van der Waals surface area contributed by atoms with Gasteiger partial charge in [0.15, 0.2) is 0 Å². The number of hydrogen-bond acceptors (Lipinski definition) is 4. The third-order valence-corrected chi connectivity index (χ3v) is 6.19. The van der Waals surface area contributed by atoms with Crippen molar-refractivity contribution < 1.29 is 4.74 Å². The molecule has 0 saturated heterocycles. The summed E-state index contributed by atoms with van der Waals surface area (Å²) >= 11 is 1.74. The lowest BCUT2D eigenvalue weighted by atomic mass is 10.1. The number of rotatable bonds is 10. The normalized spacial score (nSPS) is 11.0. The van der Waals surface area contributed by atoms with Crippen molar-refractivity contribution in [3.05, 3.63) is 63.5 Å². The van der Waals surface area contributed by atoms with Crippen molar-refractivity contribution in [1.29, 1.82) is 0 Å². The van der Waals surface area contributed by atoms with E-state index in [1.165, 1.54) is 58.7 Å². The lowest BCUT2D eigenvalue weighted by molar-refractivity contribution is 0.334. The topological polar surface area (TPSA) is 35.0 Å². The molecule has 1 aromatic heterocycles. The second kappa shape index (κ2) is 11.1. The van der Waals surface area contributed by atoms with Crippen molar-refractivity contribution in [3.63, 3.8) is 0 Å². The monoisotopic (exact) mass is 408 g/mol. The van der Waals surface area contributed by atoms with Crippen molar-refractivity contribution >= 4 is 11.3 Å². The van der Waals surface area contributed by atoms with Crippen LogP contribution in [0.2, 0.25) is 0 Å². The summed E-state index contributed by atoms with van der Waals surface area (Å²) in [7, 11) is 0. The Morgan fingerprint density at radius 2 is 1.66 bits per heavy atom. The Kier molecular flexibility index (Phi) is 8.24. The first kappa shape index (κ1) is 21.5. The summed E-state index contributed by atoms with van der Waals surface area (Å²) in [6, 6.07) is 14.9. The molecule has 0 amide bonds. The molecule has 3 nitrogen and oxygen atoms in total. The molecule has 0 spiro atoms. The zero-order valence-electron chi connectivity index (χ0n) is 17.9. The Morgan fingerprint density at radius 1 is 0.862 bits per heavy atom. The molecule has 154 valence electrons. The van der Waals surface area contributed by atoms with Crippen LogP contribution < -0.4 is 4.74 Å². The van der Waals surface area contributed by atoms with Crippen molar-refractivity contribution in [2.45, 2.75) is 65.7 Å². The molecule has 0 saturated carbocycles. The van der Waals surface area contributed by atoms with E-state index in [1.54, 1.807) is 11.3 Å². The third kappa shape index (κ3) is 5.89. The average molecular weight is 409 g/mol. The Hall–Kier alpha value is -2.20. The summed E-state index contributed by atoms with van der Waals surface area (Å²) in [6.07, 6.45) is 8.72. The lowest BCUT2D eigenvalue weighted by Gasteiger charge is -2.10. The molecular weight excluding hydrogens is 376 g/mol. The van der Waals surface area contributed by atoms with E-state index in [4.69, 9.17) is 4.74 Å². The molecule has 0 unspecified atom stereocenters. The Labute approximate surface area is 178 Å². The number of aromatic nitrogens is 2. The van der Waals surface area contributed by atoms with Gasteiger partial charge in [0.25, 0.3) is 0 Å². The van der Waals surface area contributed by atoms with E-state index in [0.717, 1.165) is 30.2 Å². The zero-order chi connectivity index (χ0) is 20.5. The number of hydrogen-bond donors (Lipinski definition) is 0. The van der Waals surface area contributed by atoms with Gasteiger partial charge in [0, 0.05) is 17.2 Å². The summed E-state index contributed by atoms with van der Waals surface area (Å²) in [4.78, 5) is 0. The summed E-state index contributed by atoms with van der Waals surface area (Å²) in [5.41, 5.74) is 2.56. The Balaban J connectivity index is 0.000000220. The minimum Gasteiger partial charge on any atom is -0.493 e. The molecule has 0 aliphatic heterocycles. The van der Waals surface area contributed by atoms with E-state index in [0.29, 0.717) is 0 Å². The summed E-state index contributed by atoms with van der Waals surface area (Å²) in [5, 5.41) is 13.5. The Morgan fingerprint density at radius 3 is 2.24 bits per heavy atom. The van der Waals surface area contributed by atoms with Crippen molar-refractivity contribution in [3.8, 4) is 16.3 Å². The fourth-order valence-corrected chi connectivity index (χ4v) is 4.15. The van der Waals surface area contributed by atoms with Crippen molar-refractivity contribution in [1.82, 2.24) is 10.2 Å². The van der Waals surface area contributed by atoms with E-state index >= 15 is 0 Å². The van der Waals surface area contributed by atoms with Gasteiger partial charge in [0.2, 0.25) is 0 Å². The van der Waals surface area contributed by atoms with Gasteiger partial charge in [-0.05, 0) is 36.6 Å². The van der Waals surface area contributed by atoms with Gasteiger partial charge in [-0.25, -0.2) is 0 Å². The minimum atomic E-state index is 0.774. The van der Waals surface area contributed by atoms with Gasteiger partial charge in [0.1, 0.15) is 15.8 Å². The molecule has 2 aliphatic carbocycles. The first-order valence-corrected chi connectivity index (χ1v) is 11.8. The molecule has 0 radical (unpaired) electrons. The molecule has 0 fully saturated rings. The summed E-state index contributed by atoms with van der Waals surface area (Å²) < 4.78 is 5.26. The molecule has 1 heterocycles. The molecular formula is C25H32N2OS. The van der Waals surface area contributed by atoms with Gasteiger partial charge in [-0.15, -0.1) is 10.2 Å². The molecule has 0 atom stereocenters. The van der Waals surface area contributed by atoms with Crippen LogP contribution in [0.1, 0.15) is 63.4 Å². The van der Waals surface area contributed by atoms with Crippen LogP contribution in [0.4, 0.5) is 0 Å². The van der Waals surface area contributed by atoms with Crippen LogP contribution >= 0.6 is 11.3 Å². The van der Waals surface area contributed by atoms with E-state index in [9.17, 15) is 0 Å². The van der Waals surface area contributed by atoms with Gasteiger partial charge in [-0.3, -0.25) is 0 Å². The highest BCUT2D eigenvalue weighted by Crippen LogP contribution is 2.25. The summed E-state index contributed by atoms with van der Waals surface area (Å²) in [5.74, 6) is 1.06. The van der Waals surface area contributed by atoms with E-state index in [2.05, 4.69) is 66.5 Å². The zero-order valence-corrected chi connectivity index (χ0v) is 18.7. The first-order valence-electron chi connectivity index (χ1n) is 10.9. The maximum Gasteiger partial charge on any atom is 0.147 e. The average Bonchev–Trinajstić information content (AvgIpc) is 3.21. The highest BCUT2D eigenvalue weighted by molar-refractivity contribution is 7.14. The van der Waals surface area contributed by atoms with Crippen LogP contribution in [-0.2, 0) is 12.8 Å². The molecule has 2 aromatic rings. The predicted molar refractivity (Wildman–Crippen MR) is 122 cm³/mol. The van der Waals surface area contributed by atoms with Gasteiger partial charge < -0.3 is 4.74 Å². The van der Waals surface area contributed by atoms with Crippen LogP contribution in [0.3, 0.4) is 0 Å². The van der Waals surface area contributed by atoms with Crippen molar-refractivity contribution in [2.24, 2.45) is 0 Å². The van der Waals surface area contributed by atoms with Crippen LogP contribution in [0.5, 0.6) is 5.75 Å². The fourth-order valence-electron chi connectivity index (χ4n) is 3.26. The molecule has 4 heteroatoms. The molecule has 4 rings (SSSR count). The lowest BCUT2D eigenvalue weighted by Crippen LogP contribution is -1.97. The van der Waals surface area contributed by atoms with Crippen LogP contribution in [0.25, 0.3) is 10.6 Å². The predicted octanol–water partition coefficient (Wildman–Crippen LogP) is 6.97. The van der Waals surface area contributed by atoms with Gasteiger partial charge in [-0.2, -0.15) is 0 Å². The van der Waals surface area contributed by atoms with E-state index in [-0.39, 0.29) is 0 Å². The van der Waals surface area contributed by atoms with Gasteiger partial charge >= 0.3 is 0 Å². The minimum absolute atomic E-state index is 0.774.